The number of likely N-dealkylation sites (tertiary alicyclic amines) is 1. The van der Waals surface area contributed by atoms with Crippen molar-refractivity contribution in [2.24, 2.45) is 5.92 Å². The Morgan fingerprint density at radius 2 is 2.18 bits per heavy atom. The predicted molar refractivity (Wildman–Crippen MR) is 79.8 cm³/mol. The van der Waals surface area contributed by atoms with Crippen LogP contribution in [0.1, 0.15) is 44.2 Å². The molecule has 120 valence electrons. The summed E-state index contributed by atoms with van der Waals surface area (Å²) in [6.07, 6.45) is 8.06. The van der Waals surface area contributed by atoms with Crippen molar-refractivity contribution in [1.82, 2.24) is 25.6 Å². The second kappa shape index (κ2) is 6.89. The van der Waals surface area contributed by atoms with E-state index in [1.165, 1.54) is 12.8 Å². The van der Waals surface area contributed by atoms with E-state index < -0.39 is 0 Å². The van der Waals surface area contributed by atoms with Gasteiger partial charge in [-0.2, -0.15) is 15.4 Å². The molecule has 1 aliphatic heterocycles. The highest BCUT2D eigenvalue weighted by Crippen LogP contribution is 2.28. The SMILES string of the molecule is O=C(NCCc1cn[nH]n1)[C@@H]1CCC(=O)N(C2CCCC2)C1. The van der Waals surface area contributed by atoms with Crippen LogP contribution >= 0.6 is 0 Å². The summed E-state index contributed by atoms with van der Waals surface area (Å²) in [6.45, 7) is 1.14. The molecule has 2 N–H and O–H groups in total. The van der Waals surface area contributed by atoms with Gasteiger partial charge in [0.25, 0.3) is 0 Å². The van der Waals surface area contributed by atoms with E-state index >= 15 is 0 Å². The molecule has 2 aliphatic rings. The molecule has 0 spiro atoms. The minimum Gasteiger partial charge on any atom is -0.355 e. The molecule has 1 aromatic rings. The minimum atomic E-state index is -0.0735. The Kier molecular flexibility index (Phi) is 4.70. The van der Waals surface area contributed by atoms with Crippen LogP contribution in [0.2, 0.25) is 0 Å². The van der Waals surface area contributed by atoms with E-state index in [1.54, 1.807) is 6.20 Å². The number of carbonyl (C=O) groups is 2. The molecule has 3 rings (SSSR count). The van der Waals surface area contributed by atoms with Gasteiger partial charge in [0.2, 0.25) is 11.8 Å². The van der Waals surface area contributed by atoms with Crippen LogP contribution in [0.25, 0.3) is 0 Å². The lowest BCUT2D eigenvalue weighted by Crippen LogP contribution is -2.49. The average Bonchev–Trinajstić information content (AvgIpc) is 3.21. The van der Waals surface area contributed by atoms with Crippen molar-refractivity contribution in [2.75, 3.05) is 13.1 Å². The van der Waals surface area contributed by atoms with Gasteiger partial charge in [-0.3, -0.25) is 9.59 Å². The van der Waals surface area contributed by atoms with E-state index in [9.17, 15) is 9.59 Å². The van der Waals surface area contributed by atoms with E-state index in [4.69, 9.17) is 0 Å². The van der Waals surface area contributed by atoms with Gasteiger partial charge in [-0.15, -0.1) is 0 Å². The lowest BCUT2D eigenvalue weighted by molar-refractivity contribution is -0.140. The number of amides is 2. The molecule has 7 heteroatoms. The first-order chi connectivity index (χ1) is 10.7. The molecule has 2 fully saturated rings. The van der Waals surface area contributed by atoms with Crippen molar-refractivity contribution in [3.8, 4) is 0 Å². The third-order valence-electron chi connectivity index (χ3n) is 4.73. The van der Waals surface area contributed by atoms with E-state index in [0.29, 0.717) is 38.4 Å². The van der Waals surface area contributed by atoms with Crippen LogP contribution in [0.15, 0.2) is 6.20 Å². The van der Waals surface area contributed by atoms with Crippen molar-refractivity contribution in [2.45, 2.75) is 51.0 Å². The van der Waals surface area contributed by atoms with E-state index in [0.717, 1.165) is 18.5 Å². The zero-order valence-electron chi connectivity index (χ0n) is 12.8. The molecule has 0 aromatic carbocycles. The highest BCUT2D eigenvalue weighted by Gasteiger charge is 2.34. The van der Waals surface area contributed by atoms with Gasteiger partial charge in [0, 0.05) is 32.0 Å². The van der Waals surface area contributed by atoms with Crippen LogP contribution in [-0.4, -0.2) is 51.3 Å². The molecule has 2 heterocycles. The molecule has 22 heavy (non-hydrogen) atoms. The van der Waals surface area contributed by atoms with Crippen LogP contribution < -0.4 is 5.32 Å². The zero-order valence-corrected chi connectivity index (χ0v) is 12.8. The van der Waals surface area contributed by atoms with Crippen molar-refractivity contribution in [1.29, 1.82) is 0 Å². The normalized spacial score (nSPS) is 23.0. The molecule has 2 amide bonds. The summed E-state index contributed by atoms with van der Waals surface area (Å²) in [6, 6.07) is 0.359. The van der Waals surface area contributed by atoms with Gasteiger partial charge in [-0.1, -0.05) is 12.8 Å². The summed E-state index contributed by atoms with van der Waals surface area (Å²) in [5, 5.41) is 13.2. The minimum absolute atomic E-state index is 0.0546. The molecular formula is C15H23N5O2. The summed E-state index contributed by atoms with van der Waals surface area (Å²) in [5.74, 6) is 0.202. The monoisotopic (exact) mass is 305 g/mol. The summed E-state index contributed by atoms with van der Waals surface area (Å²) in [7, 11) is 0. The van der Waals surface area contributed by atoms with Gasteiger partial charge >= 0.3 is 0 Å². The Morgan fingerprint density at radius 1 is 1.36 bits per heavy atom. The number of piperidine rings is 1. The summed E-state index contributed by atoms with van der Waals surface area (Å²) < 4.78 is 0. The highest BCUT2D eigenvalue weighted by atomic mass is 16.2. The van der Waals surface area contributed by atoms with Gasteiger partial charge in [0.15, 0.2) is 0 Å². The maximum atomic E-state index is 12.3. The van der Waals surface area contributed by atoms with Crippen molar-refractivity contribution < 1.29 is 9.59 Å². The second-order valence-corrected chi connectivity index (χ2v) is 6.22. The lowest BCUT2D eigenvalue weighted by atomic mass is 9.95. The first kappa shape index (κ1) is 15.0. The van der Waals surface area contributed by atoms with Crippen molar-refractivity contribution in [3.05, 3.63) is 11.9 Å². The zero-order chi connectivity index (χ0) is 15.4. The van der Waals surface area contributed by atoms with Crippen molar-refractivity contribution >= 4 is 11.8 Å². The predicted octanol–water partition coefficient (Wildman–Crippen LogP) is 0.645. The van der Waals surface area contributed by atoms with Gasteiger partial charge in [-0.05, 0) is 19.3 Å². The van der Waals surface area contributed by atoms with Gasteiger partial charge in [-0.25, -0.2) is 0 Å². The molecular weight excluding hydrogens is 282 g/mol. The maximum absolute atomic E-state index is 12.3. The highest BCUT2D eigenvalue weighted by molar-refractivity contribution is 5.84. The first-order valence-electron chi connectivity index (χ1n) is 8.16. The quantitative estimate of drug-likeness (QED) is 0.835. The summed E-state index contributed by atoms with van der Waals surface area (Å²) >= 11 is 0. The van der Waals surface area contributed by atoms with E-state index in [1.807, 2.05) is 4.90 Å². The first-order valence-corrected chi connectivity index (χ1v) is 8.16. The molecule has 0 radical (unpaired) electrons. The van der Waals surface area contributed by atoms with E-state index in [2.05, 4.69) is 20.7 Å². The molecule has 1 atom stereocenters. The number of aromatic nitrogens is 3. The van der Waals surface area contributed by atoms with Crippen LogP contribution in [0.4, 0.5) is 0 Å². The fraction of sp³-hybridized carbons (Fsp3) is 0.733. The van der Waals surface area contributed by atoms with Crippen LogP contribution in [0.5, 0.6) is 0 Å². The van der Waals surface area contributed by atoms with Gasteiger partial charge in [0.05, 0.1) is 17.8 Å². The third kappa shape index (κ3) is 3.45. The average molecular weight is 305 g/mol. The van der Waals surface area contributed by atoms with Gasteiger partial charge in [0.1, 0.15) is 0 Å². The number of nitrogens with zero attached hydrogens (tertiary/aromatic N) is 3. The topological polar surface area (TPSA) is 91.0 Å². The molecule has 0 bridgehead atoms. The molecule has 1 aliphatic carbocycles. The Bertz CT molecular complexity index is 510. The Balaban J connectivity index is 1.48. The number of hydrogen-bond acceptors (Lipinski definition) is 4. The Morgan fingerprint density at radius 3 is 2.91 bits per heavy atom. The Labute approximate surface area is 129 Å². The van der Waals surface area contributed by atoms with E-state index in [-0.39, 0.29) is 17.7 Å². The van der Waals surface area contributed by atoms with Crippen LogP contribution in [0, 0.1) is 5.92 Å². The van der Waals surface area contributed by atoms with Crippen LogP contribution in [-0.2, 0) is 16.0 Å². The summed E-state index contributed by atoms with van der Waals surface area (Å²) in [5.41, 5.74) is 0.840. The standard InChI is InChI=1S/C15H23N5O2/c21-14-6-5-11(10-20(14)13-3-1-2-4-13)15(22)16-8-7-12-9-17-19-18-12/h9,11,13H,1-8,10H2,(H,16,22)(H,17,18,19)/t11-/m1/s1. The number of aromatic amines is 1. The second-order valence-electron chi connectivity index (χ2n) is 6.22. The smallest absolute Gasteiger partial charge is 0.224 e. The van der Waals surface area contributed by atoms with Crippen LogP contribution in [0.3, 0.4) is 0 Å². The molecule has 1 aromatic heterocycles. The lowest BCUT2D eigenvalue weighted by Gasteiger charge is -2.36. The third-order valence-corrected chi connectivity index (χ3v) is 4.73. The summed E-state index contributed by atoms with van der Waals surface area (Å²) in [4.78, 5) is 26.4. The molecule has 1 saturated carbocycles. The molecule has 1 saturated heterocycles. The number of carbonyl (C=O) groups excluding carboxylic acids is 2. The van der Waals surface area contributed by atoms with Gasteiger partial charge < -0.3 is 10.2 Å². The fourth-order valence-corrected chi connectivity index (χ4v) is 3.46. The maximum Gasteiger partial charge on any atom is 0.224 e. The molecule has 7 nitrogen and oxygen atoms in total. The Hall–Kier alpha value is -1.92. The number of H-pyrrole nitrogens is 1. The fourth-order valence-electron chi connectivity index (χ4n) is 3.46. The molecule has 0 unspecified atom stereocenters. The number of rotatable bonds is 5. The van der Waals surface area contributed by atoms with Crippen molar-refractivity contribution in [3.63, 3.8) is 0 Å². The largest absolute Gasteiger partial charge is 0.355 e. The number of nitrogens with one attached hydrogen (secondary N) is 2. The number of hydrogen-bond donors (Lipinski definition) is 2.